The molecule has 1 aliphatic rings. The number of aryl methyl sites for hydroxylation is 2. The van der Waals surface area contributed by atoms with E-state index in [0.717, 1.165) is 49.0 Å². The number of carbonyl (C=O) groups is 1. The van der Waals surface area contributed by atoms with Gasteiger partial charge in [-0.1, -0.05) is 35.9 Å². The fraction of sp³-hybridized carbons (Fsp3) is 0.381. The van der Waals surface area contributed by atoms with Crippen molar-refractivity contribution in [3.05, 3.63) is 64.2 Å². The lowest BCUT2D eigenvalue weighted by Gasteiger charge is -2.34. The molecular formula is C21H26ClN3O. The van der Waals surface area contributed by atoms with Crippen LogP contribution < -0.4 is 5.32 Å². The lowest BCUT2D eigenvalue weighted by molar-refractivity contribution is -0.117. The monoisotopic (exact) mass is 371 g/mol. The van der Waals surface area contributed by atoms with E-state index in [1.807, 2.05) is 36.4 Å². The number of halogens is 1. The van der Waals surface area contributed by atoms with Gasteiger partial charge in [-0.2, -0.15) is 0 Å². The molecule has 2 aromatic rings. The Labute approximate surface area is 160 Å². The van der Waals surface area contributed by atoms with Gasteiger partial charge >= 0.3 is 0 Å². The van der Waals surface area contributed by atoms with E-state index in [2.05, 4.69) is 35.0 Å². The predicted molar refractivity (Wildman–Crippen MR) is 108 cm³/mol. The molecule has 1 N–H and O–H groups in total. The van der Waals surface area contributed by atoms with Crippen LogP contribution in [0.5, 0.6) is 0 Å². The third kappa shape index (κ3) is 5.07. The molecule has 26 heavy (non-hydrogen) atoms. The first-order valence-electron chi connectivity index (χ1n) is 9.06. The summed E-state index contributed by atoms with van der Waals surface area (Å²) < 4.78 is 0. The number of hydrogen-bond donors (Lipinski definition) is 1. The van der Waals surface area contributed by atoms with E-state index in [9.17, 15) is 4.79 Å². The molecule has 0 aromatic heterocycles. The van der Waals surface area contributed by atoms with Gasteiger partial charge in [-0.15, -0.1) is 0 Å². The summed E-state index contributed by atoms with van der Waals surface area (Å²) in [5, 5.41) is 3.83. The lowest BCUT2D eigenvalue weighted by atomic mass is 10.1. The van der Waals surface area contributed by atoms with Crippen molar-refractivity contribution in [2.45, 2.75) is 20.4 Å². The Hall–Kier alpha value is -1.88. The minimum atomic E-state index is 0.0489. The zero-order chi connectivity index (χ0) is 18.5. The lowest BCUT2D eigenvalue weighted by Crippen LogP contribution is -2.48. The molecule has 0 aliphatic carbocycles. The van der Waals surface area contributed by atoms with Crippen molar-refractivity contribution >= 4 is 23.2 Å². The van der Waals surface area contributed by atoms with Gasteiger partial charge in [-0.3, -0.25) is 14.6 Å². The Bertz CT molecular complexity index is 770. The van der Waals surface area contributed by atoms with Crippen LogP contribution in [-0.2, 0) is 11.3 Å². The first kappa shape index (κ1) is 18.9. The molecule has 0 radical (unpaired) electrons. The zero-order valence-corrected chi connectivity index (χ0v) is 16.2. The summed E-state index contributed by atoms with van der Waals surface area (Å²) in [4.78, 5) is 16.9. The number of piperazine rings is 1. The highest BCUT2D eigenvalue weighted by Gasteiger charge is 2.19. The number of hydrogen-bond acceptors (Lipinski definition) is 3. The summed E-state index contributed by atoms with van der Waals surface area (Å²) in [6.07, 6.45) is 0. The van der Waals surface area contributed by atoms with Crippen molar-refractivity contribution in [1.82, 2.24) is 9.80 Å². The third-order valence-electron chi connectivity index (χ3n) is 4.97. The zero-order valence-electron chi connectivity index (χ0n) is 15.5. The molecule has 0 unspecified atom stereocenters. The Morgan fingerprint density at radius 1 is 1.00 bits per heavy atom. The van der Waals surface area contributed by atoms with Crippen LogP contribution in [0.4, 0.5) is 5.69 Å². The van der Waals surface area contributed by atoms with E-state index in [-0.39, 0.29) is 5.91 Å². The minimum Gasteiger partial charge on any atom is -0.325 e. The Balaban J connectivity index is 1.45. The van der Waals surface area contributed by atoms with Crippen LogP contribution in [-0.4, -0.2) is 48.4 Å². The molecule has 1 amide bonds. The Kier molecular flexibility index (Phi) is 6.30. The maximum atomic E-state index is 12.3. The number of nitrogens with zero attached hydrogens (tertiary/aromatic N) is 2. The summed E-state index contributed by atoms with van der Waals surface area (Å²) in [6, 6.07) is 14.0. The van der Waals surface area contributed by atoms with Crippen LogP contribution in [0.25, 0.3) is 0 Å². The highest BCUT2D eigenvalue weighted by Crippen LogP contribution is 2.18. The van der Waals surface area contributed by atoms with Crippen LogP contribution in [0.1, 0.15) is 16.7 Å². The predicted octanol–water partition coefficient (Wildman–Crippen LogP) is 3.71. The SMILES string of the molecule is Cc1ccc(NC(=O)CN2CCN(Cc3ccccc3Cl)CC2)cc1C. The van der Waals surface area contributed by atoms with E-state index in [4.69, 9.17) is 11.6 Å². The van der Waals surface area contributed by atoms with E-state index < -0.39 is 0 Å². The molecule has 0 bridgehead atoms. The summed E-state index contributed by atoms with van der Waals surface area (Å²) >= 11 is 6.25. The molecule has 2 aromatic carbocycles. The summed E-state index contributed by atoms with van der Waals surface area (Å²) in [5.41, 5.74) is 4.46. The third-order valence-corrected chi connectivity index (χ3v) is 5.34. The molecule has 0 atom stereocenters. The van der Waals surface area contributed by atoms with Gasteiger partial charge in [0.05, 0.1) is 6.54 Å². The first-order chi connectivity index (χ1) is 12.5. The molecule has 138 valence electrons. The Morgan fingerprint density at radius 2 is 1.69 bits per heavy atom. The van der Waals surface area contributed by atoms with Crippen LogP contribution in [0.3, 0.4) is 0 Å². The number of anilines is 1. The van der Waals surface area contributed by atoms with E-state index in [1.165, 1.54) is 11.1 Å². The molecule has 0 spiro atoms. The van der Waals surface area contributed by atoms with Gasteiger partial charge in [-0.25, -0.2) is 0 Å². The van der Waals surface area contributed by atoms with Gasteiger partial charge in [0.1, 0.15) is 0 Å². The molecule has 0 saturated carbocycles. The van der Waals surface area contributed by atoms with Gasteiger partial charge in [0.2, 0.25) is 5.91 Å². The molecule has 5 heteroatoms. The van der Waals surface area contributed by atoms with Gasteiger partial charge in [0.15, 0.2) is 0 Å². The smallest absolute Gasteiger partial charge is 0.238 e. The maximum absolute atomic E-state index is 12.3. The molecule has 1 fully saturated rings. The van der Waals surface area contributed by atoms with Crippen molar-refractivity contribution in [2.24, 2.45) is 0 Å². The van der Waals surface area contributed by atoms with Crippen molar-refractivity contribution in [1.29, 1.82) is 0 Å². The first-order valence-corrected chi connectivity index (χ1v) is 9.44. The standard InChI is InChI=1S/C21H26ClN3O/c1-16-7-8-19(13-17(16)2)23-21(26)15-25-11-9-24(10-12-25)14-18-5-3-4-6-20(18)22/h3-8,13H,9-12,14-15H2,1-2H3,(H,23,26). The molecule has 4 nitrogen and oxygen atoms in total. The van der Waals surface area contributed by atoms with Crippen LogP contribution in [0.2, 0.25) is 5.02 Å². The number of benzene rings is 2. The van der Waals surface area contributed by atoms with Crippen LogP contribution in [0, 0.1) is 13.8 Å². The fourth-order valence-electron chi connectivity index (χ4n) is 3.20. The van der Waals surface area contributed by atoms with Crippen LogP contribution in [0.15, 0.2) is 42.5 Å². The molecule has 3 rings (SSSR count). The average molecular weight is 372 g/mol. The highest BCUT2D eigenvalue weighted by atomic mass is 35.5. The van der Waals surface area contributed by atoms with Crippen molar-refractivity contribution in [3.63, 3.8) is 0 Å². The largest absolute Gasteiger partial charge is 0.325 e. The molecule has 1 saturated heterocycles. The van der Waals surface area contributed by atoms with Gasteiger partial charge < -0.3 is 5.32 Å². The van der Waals surface area contributed by atoms with E-state index >= 15 is 0 Å². The molecular weight excluding hydrogens is 346 g/mol. The van der Waals surface area contributed by atoms with Gasteiger partial charge in [0.25, 0.3) is 0 Å². The summed E-state index contributed by atoms with van der Waals surface area (Å²) in [5.74, 6) is 0.0489. The van der Waals surface area contributed by atoms with Crippen molar-refractivity contribution in [2.75, 3.05) is 38.0 Å². The Morgan fingerprint density at radius 3 is 2.38 bits per heavy atom. The fourth-order valence-corrected chi connectivity index (χ4v) is 3.39. The number of carbonyl (C=O) groups excluding carboxylic acids is 1. The second-order valence-electron chi connectivity index (χ2n) is 6.99. The van der Waals surface area contributed by atoms with Crippen molar-refractivity contribution in [3.8, 4) is 0 Å². The van der Waals surface area contributed by atoms with Gasteiger partial charge in [-0.05, 0) is 48.7 Å². The molecule has 1 aliphatic heterocycles. The summed E-state index contributed by atoms with van der Waals surface area (Å²) in [6.45, 7) is 9.11. The van der Waals surface area contributed by atoms with Gasteiger partial charge in [0, 0.05) is 43.4 Å². The van der Waals surface area contributed by atoms with E-state index in [1.54, 1.807) is 0 Å². The average Bonchev–Trinajstić information content (AvgIpc) is 2.62. The van der Waals surface area contributed by atoms with E-state index in [0.29, 0.717) is 6.54 Å². The topological polar surface area (TPSA) is 35.6 Å². The number of amides is 1. The number of nitrogens with one attached hydrogen (secondary N) is 1. The number of rotatable bonds is 5. The maximum Gasteiger partial charge on any atom is 0.238 e. The quantitative estimate of drug-likeness (QED) is 0.870. The second kappa shape index (κ2) is 8.67. The van der Waals surface area contributed by atoms with Crippen molar-refractivity contribution < 1.29 is 4.79 Å². The second-order valence-corrected chi connectivity index (χ2v) is 7.40. The molecule has 1 heterocycles. The normalized spacial score (nSPS) is 15.8. The minimum absolute atomic E-state index is 0.0489. The summed E-state index contributed by atoms with van der Waals surface area (Å²) in [7, 11) is 0. The van der Waals surface area contributed by atoms with Crippen LogP contribution >= 0.6 is 11.6 Å². The highest BCUT2D eigenvalue weighted by molar-refractivity contribution is 6.31.